The van der Waals surface area contributed by atoms with Gasteiger partial charge in [0.25, 0.3) is 0 Å². The lowest BCUT2D eigenvalue weighted by atomic mass is 10.1. The topological polar surface area (TPSA) is 92.8 Å². The Balaban J connectivity index is 1.37. The monoisotopic (exact) mass is 545 g/mol. The van der Waals surface area contributed by atoms with Crippen molar-refractivity contribution in [3.05, 3.63) is 50.6 Å². The molecule has 10 heteroatoms. The lowest BCUT2D eigenvalue weighted by Gasteiger charge is -2.14. The summed E-state index contributed by atoms with van der Waals surface area (Å²) in [6, 6.07) is 9.91. The van der Waals surface area contributed by atoms with E-state index in [1.54, 1.807) is 11.3 Å². The van der Waals surface area contributed by atoms with Crippen LogP contribution >= 0.6 is 39.0 Å². The third kappa shape index (κ3) is 5.60. The van der Waals surface area contributed by atoms with Gasteiger partial charge >= 0.3 is 0 Å². The van der Waals surface area contributed by atoms with Gasteiger partial charge in [0.2, 0.25) is 5.91 Å². The average molecular weight is 547 g/mol. The number of thiophene rings is 1. The van der Waals surface area contributed by atoms with Crippen LogP contribution in [0.15, 0.2) is 33.9 Å². The van der Waals surface area contributed by atoms with E-state index in [-0.39, 0.29) is 17.8 Å². The fourth-order valence-electron chi connectivity index (χ4n) is 3.82. The van der Waals surface area contributed by atoms with Gasteiger partial charge in [0.1, 0.15) is 16.8 Å². The summed E-state index contributed by atoms with van der Waals surface area (Å²) < 4.78 is 8.79. The van der Waals surface area contributed by atoms with Crippen molar-refractivity contribution in [2.45, 2.75) is 50.3 Å². The maximum atomic E-state index is 12.6. The lowest BCUT2D eigenvalue weighted by Crippen LogP contribution is -2.15. The molecule has 0 radical (unpaired) electrons. The number of benzene rings is 1. The fraction of sp³-hybridized carbons (Fsp3) is 0.391. The van der Waals surface area contributed by atoms with Crippen molar-refractivity contribution in [2.24, 2.45) is 7.05 Å². The van der Waals surface area contributed by atoms with Crippen molar-refractivity contribution in [2.75, 3.05) is 11.1 Å². The molecule has 2 heterocycles. The molecule has 4 rings (SSSR count). The summed E-state index contributed by atoms with van der Waals surface area (Å²) in [5, 5.41) is 22.4. The predicted octanol–water partition coefficient (Wildman–Crippen LogP) is 5.65. The van der Waals surface area contributed by atoms with Crippen LogP contribution in [0.3, 0.4) is 0 Å². The molecule has 1 aliphatic rings. The van der Waals surface area contributed by atoms with Crippen LogP contribution < -0.4 is 10.1 Å². The number of nitriles is 1. The first kappa shape index (κ1) is 23.8. The number of nitrogens with one attached hydrogen (secondary N) is 1. The molecule has 3 aromatic rings. The van der Waals surface area contributed by atoms with E-state index >= 15 is 0 Å². The van der Waals surface area contributed by atoms with Crippen molar-refractivity contribution < 1.29 is 9.53 Å². The number of carbonyl (C=O) groups is 1. The number of amides is 1. The Hall–Kier alpha value is -2.35. The lowest BCUT2D eigenvalue weighted by molar-refractivity contribution is -0.113. The number of thioether (sulfide) groups is 1. The molecule has 0 saturated carbocycles. The Morgan fingerprint density at radius 3 is 2.82 bits per heavy atom. The number of hydrogen-bond donors (Lipinski definition) is 1. The van der Waals surface area contributed by atoms with E-state index in [2.05, 4.69) is 37.5 Å². The van der Waals surface area contributed by atoms with E-state index in [1.807, 2.05) is 42.8 Å². The summed E-state index contributed by atoms with van der Waals surface area (Å²) in [7, 11) is 1.86. The number of aryl methyl sites for hydroxylation is 1. The van der Waals surface area contributed by atoms with Gasteiger partial charge in [0.05, 0.1) is 11.3 Å². The maximum Gasteiger partial charge on any atom is 0.235 e. The molecular formula is C23H24BrN5O2S2. The van der Waals surface area contributed by atoms with Crippen LogP contribution in [0, 0.1) is 11.3 Å². The van der Waals surface area contributed by atoms with E-state index < -0.39 is 0 Å². The molecule has 1 atom stereocenters. The van der Waals surface area contributed by atoms with E-state index in [0.717, 1.165) is 41.5 Å². The minimum absolute atomic E-state index is 0.156. The number of ether oxygens (including phenoxy) is 1. The molecule has 1 N–H and O–H groups in total. The summed E-state index contributed by atoms with van der Waals surface area (Å²) in [4.78, 5) is 13.9. The Morgan fingerprint density at radius 1 is 1.30 bits per heavy atom. The van der Waals surface area contributed by atoms with Gasteiger partial charge in [-0.1, -0.05) is 34.1 Å². The third-order valence-corrected chi connectivity index (χ3v) is 8.23. The maximum absolute atomic E-state index is 12.6. The van der Waals surface area contributed by atoms with Crippen molar-refractivity contribution in [1.82, 2.24) is 14.8 Å². The normalized spacial score (nSPS) is 14.1. The number of nitrogens with zero attached hydrogens (tertiary/aromatic N) is 4. The predicted molar refractivity (Wildman–Crippen MR) is 134 cm³/mol. The Labute approximate surface area is 209 Å². The summed E-state index contributed by atoms with van der Waals surface area (Å²) in [5.74, 6) is 1.44. The zero-order valence-corrected chi connectivity index (χ0v) is 21.6. The second-order valence-electron chi connectivity index (χ2n) is 7.83. The van der Waals surface area contributed by atoms with Gasteiger partial charge in [0, 0.05) is 16.4 Å². The summed E-state index contributed by atoms with van der Waals surface area (Å²) in [6.07, 6.45) is 5.03. The molecule has 0 bridgehead atoms. The molecule has 2 aromatic heterocycles. The number of carbonyl (C=O) groups excluding carboxylic acids is 1. The summed E-state index contributed by atoms with van der Waals surface area (Å²) >= 11 is 6.27. The third-order valence-electron chi connectivity index (χ3n) is 5.48. The zero-order chi connectivity index (χ0) is 23.4. The number of rotatable bonds is 7. The second kappa shape index (κ2) is 10.7. The molecule has 1 amide bonds. The SMILES string of the molecule is CC(Oc1ccc(Br)cc1)c1nnc(SCC(=O)Nc2sc3c(c2C#N)CCCCC3)n1C. The number of anilines is 1. The van der Waals surface area contributed by atoms with Crippen LogP contribution in [0.1, 0.15) is 54.1 Å². The first-order valence-electron chi connectivity index (χ1n) is 10.7. The highest BCUT2D eigenvalue weighted by Gasteiger charge is 2.22. The van der Waals surface area contributed by atoms with E-state index in [9.17, 15) is 10.1 Å². The number of aromatic nitrogens is 3. The minimum Gasteiger partial charge on any atom is -0.483 e. The van der Waals surface area contributed by atoms with Crippen molar-refractivity contribution >= 4 is 49.9 Å². The quantitative estimate of drug-likeness (QED) is 0.304. The van der Waals surface area contributed by atoms with Gasteiger partial charge < -0.3 is 14.6 Å². The number of hydrogen-bond acceptors (Lipinski definition) is 7. The largest absolute Gasteiger partial charge is 0.483 e. The first-order chi connectivity index (χ1) is 16.0. The number of halogens is 1. The fourth-order valence-corrected chi connectivity index (χ4v) is 6.06. The zero-order valence-electron chi connectivity index (χ0n) is 18.4. The minimum atomic E-state index is -0.299. The molecule has 1 unspecified atom stereocenters. The van der Waals surface area contributed by atoms with Gasteiger partial charge in [-0.05, 0) is 62.4 Å². The van der Waals surface area contributed by atoms with Crippen LogP contribution in [-0.4, -0.2) is 26.4 Å². The molecule has 0 aliphatic heterocycles. The van der Waals surface area contributed by atoms with E-state index in [0.29, 0.717) is 21.5 Å². The highest BCUT2D eigenvalue weighted by Crippen LogP contribution is 2.37. The molecule has 0 spiro atoms. The van der Waals surface area contributed by atoms with Crippen LogP contribution in [0.2, 0.25) is 0 Å². The smallest absolute Gasteiger partial charge is 0.235 e. The molecule has 1 aromatic carbocycles. The van der Waals surface area contributed by atoms with Crippen LogP contribution in [0.5, 0.6) is 5.75 Å². The van der Waals surface area contributed by atoms with Gasteiger partial charge in [-0.3, -0.25) is 4.79 Å². The van der Waals surface area contributed by atoms with Crippen LogP contribution in [0.25, 0.3) is 0 Å². The molecule has 172 valence electrons. The number of fused-ring (bicyclic) bond motifs is 1. The molecular weight excluding hydrogens is 522 g/mol. The summed E-state index contributed by atoms with van der Waals surface area (Å²) in [5.41, 5.74) is 1.76. The molecule has 33 heavy (non-hydrogen) atoms. The molecule has 0 fully saturated rings. The van der Waals surface area contributed by atoms with Gasteiger partial charge in [-0.15, -0.1) is 21.5 Å². The van der Waals surface area contributed by atoms with Crippen molar-refractivity contribution in [3.8, 4) is 11.8 Å². The first-order valence-corrected chi connectivity index (χ1v) is 13.3. The van der Waals surface area contributed by atoms with Gasteiger partial charge in [-0.2, -0.15) is 5.26 Å². The highest BCUT2D eigenvalue weighted by molar-refractivity contribution is 9.10. The second-order valence-corrected chi connectivity index (χ2v) is 10.8. The Morgan fingerprint density at radius 2 is 2.06 bits per heavy atom. The molecule has 0 saturated heterocycles. The van der Waals surface area contributed by atoms with Crippen molar-refractivity contribution in [1.29, 1.82) is 5.26 Å². The Kier molecular flexibility index (Phi) is 7.73. The van der Waals surface area contributed by atoms with Crippen LogP contribution in [-0.2, 0) is 24.7 Å². The van der Waals surface area contributed by atoms with Crippen LogP contribution in [0.4, 0.5) is 5.00 Å². The van der Waals surface area contributed by atoms with Crippen molar-refractivity contribution in [3.63, 3.8) is 0 Å². The standard InChI is InChI=1S/C23H24BrN5O2S2/c1-14(31-16-10-8-15(24)9-11-16)21-27-28-23(29(21)2)32-13-20(30)26-22-18(12-25)17-6-4-3-5-7-19(17)33-22/h8-11,14H,3-7,13H2,1-2H3,(H,26,30). The summed E-state index contributed by atoms with van der Waals surface area (Å²) in [6.45, 7) is 1.91. The van der Waals surface area contributed by atoms with Gasteiger partial charge in [-0.25, -0.2) is 0 Å². The van der Waals surface area contributed by atoms with E-state index in [4.69, 9.17) is 4.74 Å². The van der Waals surface area contributed by atoms with Gasteiger partial charge in [0.15, 0.2) is 17.1 Å². The molecule has 1 aliphatic carbocycles. The highest BCUT2D eigenvalue weighted by atomic mass is 79.9. The molecule has 7 nitrogen and oxygen atoms in total. The van der Waals surface area contributed by atoms with E-state index in [1.165, 1.54) is 23.1 Å². The Bertz CT molecular complexity index is 1180. The average Bonchev–Trinajstić information content (AvgIpc) is 3.23.